The minimum atomic E-state index is -0.500. The minimum absolute atomic E-state index is 0.0461. The molecule has 0 atom stereocenters. The molecule has 9 heteroatoms. The standard InChI is InChI=1S/C18H11ClN4O3S/c1-21-15-14(20)17(16(24)10-2-4-11(19)5-3-10)27-18(15)22-12-6-8-13(9-7-12)23(25)26/h2-9,22H,20H2. The van der Waals surface area contributed by atoms with Crippen LogP contribution in [0.3, 0.4) is 0 Å². The smallest absolute Gasteiger partial charge is 0.269 e. The van der Waals surface area contributed by atoms with Crippen LogP contribution in [0.25, 0.3) is 4.85 Å². The molecule has 2 aromatic carbocycles. The van der Waals surface area contributed by atoms with Crippen molar-refractivity contribution in [1.82, 2.24) is 0 Å². The van der Waals surface area contributed by atoms with E-state index in [-0.39, 0.29) is 27.7 Å². The highest BCUT2D eigenvalue weighted by atomic mass is 35.5. The first-order valence-electron chi connectivity index (χ1n) is 7.52. The van der Waals surface area contributed by atoms with Crippen molar-refractivity contribution >= 4 is 56.5 Å². The Bertz CT molecular complexity index is 1070. The van der Waals surface area contributed by atoms with E-state index >= 15 is 0 Å². The van der Waals surface area contributed by atoms with E-state index in [1.165, 1.54) is 24.3 Å². The van der Waals surface area contributed by atoms with Gasteiger partial charge in [0.05, 0.1) is 22.1 Å². The molecule has 1 aromatic heterocycles. The van der Waals surface area contributed by atoms with Crippen molar-refractivity contribution in [1.29, 1.82) is 0 Å². The fourth-order valence-electron chi connectivity index (χ4n) is 2.33. The monoisotopic (exact) mass is 398 g/mol. The quantitative estimate of drug-likeness (QED) is 0.258. The first kappa shape index (κ1) is 18.4. The Kier molecular flexibility index (Phi) is 5.07. The van der Waals surface area contributed by atoms with Crippen LogP contribution in [-0.2, 0) is 0 Å². The van der Waals surface area contributed by atoms with Crippen LogP contribution in [0.15, 0.2) is 48.5 Å². The molecule has 3 rings (SSSR count). The van der Waals surface area contributed by atoms with Crippen LogP contribution in [0.4, 0.5) is 27.8 Å². The lowest BCUT2D eigenvalue weighted by Crippen LogP contribution is -2.01. The lowest BCUT2D eigenvalue weighted by atomic mass is 10.1. The molecular weight excluding hydrogens is 388 g/mol. The maximum absolute atomic E-state index is 12.7. The summed E-state index contributed by atoms with van der Waals surface area (Å²) in [5, 5.41) is 14.6. The third-order valence-electron chi connectivity index (χ3n) is 3.68. The molecule has 0 aliphatic carbocycles. The second-order valence-electron chi connectivity index (χ2n) is 5.40. The van der Waals surface area contributed by atoms with Crippen molar-refractivity contribution < 1.29 is 9.72 Å². The highest BCUT2D eigenvalue weighted by Gasteiger charge is 2.22. The van der Waals surface area contributed by atoms with Gasteiger partial charge in [-0.3, -0.25) is 14.9 Å². The molecule has 0 saturated heterocycles. The number of thiophene rings is 1. The van der Waals surface area contributed by atoms with Crippen LogP contribution in [0.1, 0.15) is 15.2 Å². The molecule has 27 heavy (non-hydrogen) atoms. The van der Waals surface area contributed by atoms with Crippen molar-refractivity contribution in [3.05, 3.63) is 85.5 Å². The predicted octanol–water partition coefficient (Wildman–Crippen LogP) is 5.42. The zero-order chi connectivity index (χ0) is 19.6. The number of nitrogens with two attached hydrogens (primary N) is 1. The number of hydrogen-bond donors (Lipinski definition) is 2. The number of nitro groups is 1. The Morgan fingerprint density at radius 2 is 1.81 bits per heavy atom. The number of anilines is 3. The molecule has 1 heterocycles. The Morgan fingerprint density at radius 3 is 2.37 bits per heavy atom. The summed E-state index contributed by atoms with van der Waals surface area (Å²) in [5.41, 5.74) is 7.15. The number of halogens is 1. The number of nitrogens with one attached hydrogen (secondary N) is 1. The summed E-state index contributed by atoms with van der Waals surface area (Å²) >= 11 is 6.90. The Labute approximate surface area is 163 Å². The van der Waals surface area contributed by atoms with Crippen LogP contribution in [-0.4, -0.2) is 10.7 Å². The topological polar surface area (TPSA) is 103 Å². The largest absolute Gasteiger partial charge is 0.406 e. The second kappa shape index (κ2) is 7.45. The van der Waals surface area contributed by atoms with Crippen molar-refractivity contribution in [2.75, 3.05) is 11.1 Å². The Morgan fingerprint density at radius 1 is 1.19 bits per heavy atom. The summed E-state index contributed by atoms with van der Waals surface area (Å²) in [6, 6.07) is 12.1. The molecule has 0 spiro atoms. The summed E-state index contributed by atoms with van der Waals surface area (Å²) in [7, 11) is 0. The summed E-state index contributed by atoms with van der Waals surface area (Å²) in [5.74, 6) is -0.309. The molecule has 134 valence electrons. The lowest BCUT2D eigenvalue weighted by Gasteiger charge is -2.04. The Hall–Kier alpha value is -3.41. The van der Waals surface area contributed by atoms with Gasteiger partial charge in [0.2, 0.25) is 11.5 Å². The number of carbonyl (C=O) groups excluding carboxylic acids is 1. The van der Waals surface area contributed by atoms with Crippen LogP contribution in [0.2, 0.25) is 5.02 Å². The zero-order valence-corrected chi connectivity index (χ0v) is 15.2. The number of rotatable bonds is 5. The number of carbonyl (C=O) groups is 1. The van der Waals surface area contributed by atoms with Gasteiger partial charge in [0, 0.05) is 28.4 Å². The third kappa shape index (κ3) is 3.74. The maximum atomic E-state index is 12.7. The van der Waals surface area contributed by atoms with E-state index in [1.807, 2.05) is 0 Å². The van der Waals surface area contributed by atoms with Gasteiger partial charge >= 0.3 is 0 Å². The zero-order valence-electron chi connectivity index (χ0n) is 13.6. The molecule has 0 amide bonds. The van der Waals surface area contributed by atoms with Crippen LogP contribution in [0.5, 0.6) is 0 Å². The first-order valence-corrected chi connectivity index (χ1v) is 8.71. The average Bonchev–Trinajstić information content (AvgIpc) is 2.97. The van der Waals surface area contributed by atoms with Gasteiger partial charge in [-0.15, -0.1) is 11.3 Å². The van der Waals surface area contributed by atoms with E-state index in [0.717, 1.165) is 11.3 Å². The summed E-state index contributed by atoms with van der Waals surface area (Å²) < 4.78 is 0. The lowest BCUT2D eigenvalue weighted by molar-refractivity contribution is -0.384. The van der Waals surface area contributed by atoms with Crippen molar-refractivity contribution in [2.24, 2.45) is 0 Å². The molecular formula is C18H11ClN4O3S. The average molecular weight is 399 g/mol. The van der Waals surface area contributed by atoms with E-state index in [2.05, 4.69) is 10.2 Å². The van der Waals surface area contributed by atoms with Gasteiger partial charge in [0.25, 0.3) is 5.69 Å². The second-order valence-corrected chi connectivity index (χ2v) is 6.86. The molecule has 0 fully saturated rings. The molecule has 0 bridgehead atoms. The fourth-order valence-corrected chi connectivity index (χ4v) is 3.50. The molecule has 0 aliphatic rings. The molecule has 3 N–H and O–H groups in total. The molecule has 0 radical (unpaired) electrons. The van der Waals surface area contributed by atoms with Crippen molar-refractivity contribution in [2.45, 2.75) is 0 Å². The summed E-state index contributed by atoms with van der Waals surface area (Å²) in [6.45, 7) is 7.36. The van der Waals surface area contributed by atoms with Gasteiger partial charge < -0.3 is 11.1 Å². The Balaban J connectivity index is 1.94. The van der Waals surface area contributed by atoms with E-state index < -0.39 is 4.92 Å². The number of nitrogen functional groups attached to an aromatic ring is 1. The molecule has 0 unspecified atom stereocenters. The van der Waals surface area contributed by atoms with Gasteiger partial charge in [0.1, 0.15) is 5.00 Å². The number of nitro benzene ring substituents is 1. The first-order chi connectivity index (χ1) is 12.9. The van der Waals surface area contributed by atoms with Crippen molar-refractivity contribution in [3.63, 3.8) is 0 Å². The van der Waals surface area contributed by atoms with Gasteiger partial charge in [-0.2, -0.15) is 0 Å². The van der Waals surface area contributed by atoms with E-state index in [1.54, 1.807) is 24.3 Å². The third-order valence-corrected chi connectivity index (χ3v) is 5.04. The molecule has 0 saturated carbocycles. The molecule has 3 aromatic rings. The fraction of sp³-hybridized carbons (Fsp3) is 0. The highest BCUT2D eigenvalue weighted by molar-refractivity contribution is 7.19. The number of hydrogen-bond acceptors (Lipinski definition) is 6. The summed E-state index contributed by atoms with van der Waals surface area (Å²) in [6.07, 6.45) is 0. The van der Waals surface area contributed by atoms with Crippen LogP contribution < -0.4 is 11.1 Å². The van der Waals surface area contributed by atoms with E-state index in [4.69, 9.17) is 23.9 Å². The van der Waals surface area contributed by atoms with Gasteiger partial charge in [-0.1, -0.05) is 11.6 Å². The number of nitrogens with zero attached hydrogens (tertiary/aromatic N) is 2. The van der Waals surface area contributed by atoms with Crippen LogP contribution in [0, 0.1) is 16.7 Å². The predicted molar refractivity (Wildman–Crippen MR) is 106 cm³/mol. The van der Waals surface area contributed by atoms with Gasteiger partial charge in [-0.25, -0.2) is 4.85 Å². The van der Waals surface area contributed by atoms with Crippen molar-refractivity contribution in [3.8, 4) is 0 Å². The molecule has 0 aliphatic heterocycles. The van der Waals surface area contributed by atoms with E-state index in [9.17, 15) is 14.9 Å². The number of ketones is 1. The number of non-ortho nitro benzene ring substituents is 1. The normalized spacial score (nSPS) is 10.2. The highest BCUT2D eigenvalue weighted by Crippen LogP contribution is 2.45. The van der Waals surface area contributed by atoms with E-state index in [0.29, 0.717) is 21.3 Å². The maximum Gasteiger partial charge on any atom is 0.269 e. The number of benzene rings is 2. The van der Waals surface area contributed by atoms with Gasteiger partial charge in [0.15, 0.2) is 0 Å². The SMILES string of the molecule is [C-]#[N+]c1c(Nc2ccc([N+](=O)[O-])cc2)sc(C(=O)c2ccc(Cl)cc2)c1N. The molecule has 7 nitrogen and oxygen atoms in total. The van der Waals surface area contributed by atoms with Gasteiger partial charge in [-0.05, 0) is 36.4 Å². The minimum Gasteiger partial charge on any atom is -0.406 e. The van der Waals surface area contributed by atoms with Crippen LogP contribution >= 0.6 is 22.9 Å². The summed E-state index contributed by atoms with van der Waals surface area (Å²) in [4.78, 5) is 26.6.